The first-order valence-electron chi connectivity index (χ1n) is 8.37. The summed E-state index contributed by atoms with van der Waals surface area (Å²) in [6, 6.07) is 23.4. The van der Waals surface area contributed by atoms with Crippen molar-refractivity contribution in [1.29, 1.82) is 0 Å². The molecule has 4 rings (SSSR count). The number of pyridine rings is 1. The highest BCUT2D eigenvalue weighted by Gasteiger charge is 2.15. The molecule has 0 saturated carbocycles. The Labute approximate surface area is 161 Å². The smallest absolute Gasteiger partial charge is 0.270 e. The largest absolute Gasteiger partial charge is 0.375 e. The van der Waals surface area contributed by atoms with Gasteiger partial charge in [0, 0.05) is 16.3 Å². The summed E-state index contributed by atoms with van der Waals surface area (Å²) >= 11 is 4.74. The molecule has 0 aliphatic carbocycles. The Morgan fingerprint density at radius 1 is 0.852 bits per heavy atom. The molecule has 0 fully saturated rings. The Morgan fingerprint density at radius 3 is 2.41 bits per heavy atom. The van der Waals surface area contributed by atoms with Gasteiger partial charge in [-0.2, -0.15) is 0 Å². The number of nitrogens with one attached hydrogen (secondary N) is 2. The molecule has 0 saturated heterocycles. The highest BCUT2D eigenvalue weighted by atomic mass is 32.1. The molecule has 1 heterocycles. The maximum atomic E-state index is 12.6. The van der Waals surface area contributed by atoms with Gasteiger partial charge in [-0.3, -0.25) is 15.6 Å². The number of thiocarbonyl (C=S) groups is 1. The number of nitrogens with two attached hydrogens (primary N) is 1. The van der Waals surface area contributed by atoms with Crippen molar-refractivity contribution in [3.63, 3.8) is 0 Å². The van der Waals surface area contributed by atoms with Crippen LogP contribution in [0.4, 0.5) is 0 Å². The standard InChI is InChI=1S/C21H16N4OS/c22-21(27)25-24-20(26)16-8-3-2-7-14(16)15-9-5-11-19-17(15)12-13-6-1-4-10-18(13)23-19/h1-12H,(H,24,26)(H3,22,25,27). The van der Waals surface area contributed by atoms with Crippen LogP contribution in [-0.4, -0.2) is 16.0 Å². The van der Waals surface area contributed by atoms with Crippen LogP contribution in [0.15, 0.2) is 72.8 Å². The van der Waals surface area contributed by atoms with Crippen LogP contribution in [-0.2, 0) is 0 Å². The molecule has 0 atom stereocenters. The highest BCUT2D eigenvalue weighted by Crippen LogP contribution is 2.32. The maximum absolute atomic E-state index is 12.6. The van der Waals surface area contributed by atoms with Gasteiger partial charge in [0.25, 0.3) is 5.91 Å². The van der Waals surface area contributed by atoms with Crippen molar-refractivity contribution in [2.24, 2.45) is 5.73 Å². The lowest BCUT2D eigenvalue weighted by Crippen LogP contribution is -2.44. The number of rotatable bonds is 2. The van der Waals surface area contributed by atoms with E-state index < -0.39 is 0 Å². The lowest BCUT2D eigenvalue weighted by molar-refractivity contribution is 0.0944. The summed E-state index contributed by atoms with van der Waals surface area (Å²) in [5.41, 5.74) is 14.5. The average molecular weight is 372 g/mol. The van der Waals surface area contributed by atoms with E-state index in [9.17, 15) is 4.79 Å². The van der Waals surface area contributed by atoms with Gasteiger partial charge in [-0.05, 0) is 47.6 Å². The molecule has 1 amide bonds. The van der Waals surface area contributed by atoms with Crippen LogP contribution < -0.4 is 16.6 Å². The average Bonchev–Trinajstić information content (AvgIpc) is 2.70. The molecule has 5 nitrogen and oxygen atoms in total. The van der Waals surface area contributed by atoms with Gasteiger partial charge in [-0.1, -0.05) is 48.5 Å². The third-order valence-electron chi connectivity index (χ3n) is 4.32. The number of aromatic nitrogens is 1. The number of hydrogen-bond acceptors (Lipinski definition) is 3. The molecule has 0 spiro atoms. The fourth-order valence-electron chi connectivity index (χ4n) is 3.14. The summed E-state index contributed by atoms with van der Waals surface area (Å²) in [5.74, 6) is -0.316. The van der Waals surface area contributed by atoms with Gasteiger partial charge < -0.3 is 5.73 Å². The van der Waals surface area contributed by atoms with E-state index in [4.69, 9.17) is 22.9 Å². The Morgan fingerprint density at radius 2 is 1.56 bits per heavy atom. The van der Waals surface area contributed by atoms with Crippen molar-refractivity contribution in [1.82, 2.24) is 15.8 Å². The minimum absolute atomic E-state index is 0.00154. The van der Waals surface area contributed by atoms with Crippen LogP contribution in [0.3, 0.4) is 0 Å². The first-order valence-corrected chi connectivity index (χ1v) is 8.78. The van der Waals surface area contributed by atoms with E-state index in [1.54, 1.807) is 6.07 Å². The topological polar surface area (TPSA) is 80.0 Å². The van der Waals surface area contributed by atoms with Gasteiger partial charge in [0.05, 0.1) is 11.0 Å². The third kappa shape index (κ3) is 3.30. The third-order valence-corrected chi connectivity index (χ3v) is 4.42. The molecular formula is C21H16N4OS. The van der Waals surface area contributed by atoms with Crippen molar-refractivity contribution in [2.45, 2.75) is 0 Å². The van der Waals surface area contributed by atoms with Crippen molar-refractivity contribution in [3.8, 4) is 11.1 Å². The summed E-state index contributed by atoms with van der Waals surface area (Å²) < 4.78 is 0. The van der Waals surface area contributed by atoms with Gasteiger partial charge in [-0.15, -0.1) is 0 Å². The number of carbonyl (C=O) groups excluding carboxylic acids is 1. The molecular weight excluding hydrogens is 356 g/mol. The molecule has 0 aliphatic rings. The summed E-state index contributed by atoms with van der Waals surface area (Å²) in [6.45, 7) is 0. The Bertz CT molecular complexity index is 1190. The Hall–Kier alpha value is -3.51. The number of fused-ring (bicyclic) bond motifs is 2. The van der Waals surface area contributed by atoms with E-state index in [0.717, 1.165) is 32.9 Å². The van der Waals surface area contributed by atoms with Crippen LogP contribution in [0.25, 0.3) is 32.9 Å². The minimum Gasteiger partial charge on any atom is -0.375 e. The lowest BCUT2D eigenvalue weighted by atomic mass is 9.95. The van der Waals surface area contributed by atoms with Crippen LogP contribution in [0.2, 0.25) is 0 Å². The molecule has 4 N–H and O–H groups in total. The fourth-order valence-corrected chi connectivity index (χ4v) is 3.19. The van der Waals surface area contributed by atoms with E-state index in [1.807, 2.05) is 60.7 Å². The van der Waals surface area contributed by atoms with E-state index in [1.165, 1.54) is 0 Å². The predicted octanol–water partition coefficient (Wildman–Crippen LogP) is 3.53. The molecule has 0 aliphatic heterocycles. The van der Waals surface area contributed by atoms with E-state index in [2.05, 4.69) is 16.9 Å². The van der Waals surface area contributed by atoms with Crippen molar-refractivity contribution in [2.75, 3.05) is 0 Å². The summed E-state index contributed by atoms with van der Waals surface area (Å²) in [7, 11) is 0. The molecule has 0 bridgehead atoms. The van der Waals surface area contributed by atoms with Crippen LogP contribution >= 0.6 is 12.2 Å². The molecule has 1 aromatic heterocycles. The zero-order valence-corrected chi connectivity index (χ0v) is 15.1. The minimum atomic E-state index is -0.316. The second kappa shape index (κ2) is 7.01. The number of hydrazine groups is 1. The normalized spacial score (nSPS) is 10.7. The van der Waals surface area contributed by atoms with Crippen molar-refractivity contribution >= 4 is 45.0 Å². The Kier molecular flexibility index (Phi) is 4.40. The number of para-hydroxylation sites is 1. The lowest BCUT2D eigenvalue weighted by Gasteiger charge is -2.13. The zero-order chi connectivity index (χ0) is 18.8. The maximum Gasteiger partial charge on any atom is 0.270 e. The van der Waals surface area contributed by atoms with Crippen LogP contribution in [0.1, 0.15) is 10.4 Å². The SMILES string of the molecule is NC(=S)NNC(=O)c1ccccc1-c1cccc2nc3ccccc3cc12. The van der Waals surface area contributed by atoms with E-state index >= 15 is 0 Å². The van der Waals surface area contributed by atoms with Crippen molar-refractivity contribution in [3.05, 3.63) is 78.4 Å². The van der Waals surface area contributed by atoms with Gasteiger partial charge >= 0.3 is 0 Å². The molecule has 27 heavy (non-hydrogen) atoms. The van der Waals surface area contributed by atoms with Gasteiger partial charge in [0.15, 0.2) is 5.11 Å². The fraction of sp³-hybridized carbons (Fsp3) is 0. The number of benzene rings is 3. The van der Waals surface area contributed by atoms with E-state index in [-0.39, 0.29) is 11.0 Å². The highest BCUT2D eigenvalue weighted by molar-refractivity contribution is 7.80. The van der Waals surface area contributed by atoms with E-state index in [0.29, 0.717) is 5.56 Å². The second-order valence-electron chi connectivity index (χ2n) is 6.04. The first kappa shape index (κ1) is 16.9. The van der Waals surface area contributed by atoms with Crippen LogP contribution in [0.5, 0.6) is 0 Å². The molecule has 6 heteroatoms. The molecule has 132 valence electrons. The summed E-state index contributed by atoms with van der Waals surface area (Å²) in [5, 5.41) is 2.04. The van der Waals surface area contributed by atoms with Gasteiger partial charge in [-0.25, -0.2) is 4.98 Å². The first-order chi connectivity index (χ1) is 13.1. The molecule has 0 radical (unpaired) electrons. The predicted molar refractivity (Wildman–Crippen MR) is 112 cm³/mol. The summed E-state index contributed by atoms with van der Waals surface area (Å²) in [4.78, 5) is 17.3. The molecule has 3 aromatic carbocycles. The number of hydrogen-bond donors (Lipinski definition) is 3. The second-order valence-corrected chi connectivity index (χ2v) is 6.48. The van der Waals surface area contributed by atoms with Crippen molar-refractivity contribution < 1.29 is 4.79 Å². The number of carbonyl (C=O) groups is 1. The van der Waals surface area contributed by atoms with Gasteiger partial charge in [0.1, 0.15) is 0 Å². The summed E-state index contributed by atoms with van der Waals surface area (Å²) in [6.07, 6.45) is 0. The number of nitrogens with zero attached hydrogens (tertiary/aromatic N) is 1. The van der Waals surface area contributed by atoms with Gasteiger partial charge in [0.2, 0.25) is 0 Å². The van der Waals surface area contributed by atoms with Crippen LogP contribution in [0, 0.1) is 0 Å². The monoisotopic (exact) mass is 372 g/mol. The Balaban J connectivity index is 1.89. The zero-order valence-electron chi connectivity index (χ0n) is 14.3. The molecule has 0 unspecified atom stereocenters. The number of amides is 1. The quantitative estimate of drug-likeness (QED) is 0.285. The molecule has 4 aromatic rings.